The van der Waals surface area contributed by atoms with E-state index in [0.717, 1.165) is 17.0 Å². The molecule has 0 fully saturated rings. The summed E-state index contributed by atoms with van der Waals surface area (Å²) in [6.45, 7) is 2.67. The van der Waals surface area contributed by atoms with E-state index in [1.165, 1.54) is 11.6 Å². The molecule has 0 radical (unpaired) electrons. The number of hydrogen-bond donors (Lipinski definition) is 1. The monoisotopic (exact) mass is 277 g/mol. The quantitative estimate of drug-likeness (QED) is 0.837. The summed E-state index contributed by atoms with van der Waals surface area (Å²) < 4.78 is 19.1. The highest BCUT2D eigenvalue weighted by molar-refractivity contribution is 6.30. The Labute approximate surface area is 116 Å². The number of aryl methyl sites for hydroxylation is 1. The number of ether oxygens (including phenoxy) is 1. The van der Waals surface area contributed by atoms with Gasteiger partial charge in [-0.3, -0.25) is 0 Å². The Morgan fingerprint density at radius 1 is 1.26 bits per heavy atom. The van der Waals surface area contributed by atoms with Crippen LogP contribution < -0.4 is 10.1 Å². The normalized spacial score (nSPS) is 17.3. The van der Waals surface area contributed by atoms with Crippen molar-refractivity contribution in [2.45, 2.75) is 13.0 Å². The molecular weight excluding hydrogens is 265 g/mol. The van der Waals surface area contributed by atoms with Gasteiger partial charge >= 0.3 is 0 Å². The van der Waals surface area contributed by atoms with E-state index in [2.05, 4.69) is 5.32 Å². The van der Waals surface area contributed by atoms with E-state index in [9.17, 15) is 4.39 Å². The van der Waals surface area contributed by atoms with Gasteiger partial charge in [-0.25, -0.2) is 4.39 Å². The average Bonchev–Trinajstić information content (AvgIpc) is 2.41. The first-order valence-corrected chi connectivity index (χ1v) is 6.47. The minimum absolute atomic E-state index is 0.121. The van der Waals surface area contributed by atoms with Crippen molar-refractivity contribution in [3.8, 4) is 5.75 Å². The van der Waals surface area contributed by atoms with Crippen LogP contribution in [0.4, 0.5) is 10.1 Å². The molecule has 19 heavy (non-hydrogen) atoms. The highest BCUT2D eigenvalue weighted by Gasteiger charge is 2.21. The second-order valence-corrected chi connectivity index (χ2v) is 5.07. The van der Waals surface area contributed by atoms with Crippen LogP contribution in [-0.4, -0.2) is 6.54 Å². The molecule has 4 heteroatoms. The molecule has 2 aromatic carbocycles. The van der Waals surface area contributed by atoms with Crippen molar-refractivity contribution in [3.63, 3.8) is 0 Å². The van der Waals surface area contributed by atoms with Crippen LogP contribution in [-0.2, 0) is 0 Å². The molecule has 0 amide bonds. The average molecular weight is 278 g/mol. The summed E-state index contributed by atoms with van der Waals surface area (Å²) in [6.07, 6.45) is -0.159. The molecule has 0 bridgehead atoms. The van der Waals surface area contributed by atoms with Gasteiger partial charge in [-0.2, -0.15) is 0 Å². The lowest BCUT2D eigenvalue weighted by Crippen LogP contribution is -2.23. The van der Waals surface area contributed by atoms with E-state index in [1.807, 2.05) is 25.1 Å². The summed E-state index contributed by atoms with van der Waals surface area (Å²) >= 11 is 5.80. The molecule has 2 aromatic rings. The fraction of sp³-hybridized carbons (Fsp3) is 0.200. The molecular formula is C15H13ClFNO. The fourth-order valence-electron chi connectivity index (χ4n) is 2.18. The largest absolute Gasteiger partial charge is 0.482 e. The zero-order valence-electron chi connectivity index (χ0n) is 10.4. The summed E-state index contributed by atoms with van der Waals surface area (Å²) in [5.41, 5.74) is 3.03. The topological polar surface area (TPSA) is 21.3 Å². The molecule has 0 aliphatic carbocycles. The summed E-state index contributed by atoms with van der Waals surface area (Å²) in [5, 5.41) is 3.45. The van der Waals surface area contributed by atoms with Crippen LogP contribution in [0.25, 0.3) is 0 Å². The van der Waals surface area contributed by atoms with Gasteiger partial charge in [0.1, 0.15) is 17.7 Å². The first-order chi connectivity index (χ1) is 9.13. The third-order valence-corrected chi connectivity index (χ3v) is 3.49. The van der Waals surface area contributed by atoms with E-state index < -0.39 is 5.82 Å². The zero-order valence-corrected chi connectivity index (χ0v) is 11.2. The van der Waals surface area contributed by atoms with Gasteiger partial charge in [0.15, 0.2) is 0 Å². The highest BCUT2D eigenvalue weighted by Crippen LogP contribution is 2.35. The van der Waals surface area contributed by atoms with Crippen LogP contribution in [0.15, 0.2) is 36.4 Å². The predicted octanol–water partition coefficient (Wildman–Crippen LogP) is 4.33. The Morgan fingerprint density at radius 3 is 2.89 bits per heavy atom. The molecule has 1 aliphatic rings. The zero-order chi connectivity index (χ0) is 13.4. The number of hydrogen-bond acceptors (Lipinski definition) is 2. The number of benzene rings is 2. The molecule has 3 rings (SSSR count). The van der Waals surface area contributed by atoms with Gasteiger partial charge in [0.25, 0.3) is 0 Å². The van der Waals surface area contributed by atoms with Gasteiger partial charge in [-0.15, -0.1) is 0 Å². The first-order valence-electron chi connectivity index (χ1n) is 6.09. The maximum absolute atomic E-state index is 13.2. The standard InChI is InChI=1S/C15H13ClFNO/c1-9-2-5-14-13(6-9)18-8-15(19-14)10-3-4-12(17)11(16)7-10/h2-7,15,18H,8H2,1H3. The van der Waals surface area contributed by atoms with Gasteiger partial charge in [0.2, 0.25) is 0 Å². The molecule has 1 aliphatic heterocycles. The molecule has 1 heterocycles. The predicted molar refractivity (Wildman–Crippen MR) is 74.4 cm³/mol. The number of rotatable bonds is 1. The molecule has 0 saturated carbocycles. The van der Waals surface area contributed by atoms with E-state index in [4.69, 9.17) is 16.3 Å². The minimum atomic E-state index is -0.412. The van der Waals surface area contributed by atoms with E-state index in [0.29, 0.717) is 6.54 Å². The van der Waals surface area contributed by atoms with Crippen molar-refractivity contribution in [2.24, 2.45) is 0 Å². The van der Waals surface area contributed by atoms with E-state index in [1.54, 1.807) is 12.1 Å². The molecule has 0 aromatic heterocycles. The minimum Gasteiger partial charge on any atom is -0.482 e. The van der Waals surface area contributed by atoms with Crippen molar-refractivity contribution in [1.29, 1.82) is 0 Å². The maximum Gasteiger partial charge on any atom is 0.143 e. The second-order valence-electron chi connectivity index (χ2n) is 4.66. The van der Waals surface area contributed by atoms with Crippen LogP contribution >= 0.6 is 11.6 Å². The molecule has 1 atom stereocenters. The van der Waals surface area contributed by atoms with Crippen LogP contribution in [0, 0.1) is 12.7 Å². The third kappa shape index (κ3) is 2.38. The van der Waals surface area contributed by atoms with Crippen molar-refractivity contribution in [3.05, 3.63) is 58.4 Å². The smallest absolute Gasteiger partial charge is 0.143 e. The Bertz CT molecular complexity index is 630. The lowest BCUT2D eigenvalue weighted by atomic mass is 10.1. The maximum atomic E-state index is 13.2. The number of nitrogens with one attached hydrogen (secondary N) is 1. The van der Waals surface area contributed by atoms with Gasteiger partial charge in [0.05, 0.1) is 17.3 Å². The Morgan fingerprint density at radius 2 is 2.11 bits per heavy atom. The van der Waals surface area contributed by atoms with E-state index in [-0.39, 0.29) is 11.1 Å². The van der Waals surface area contributed by atoms with Gasteiger partial charge in [-0.1, -0.05) is 23.7 Å². The lowest BCUT2D eigenvalue weighted by Gasteiger charge is -2.28. The first kappa shape index (κ1) is 12.3. The van der Waals surface area contributed by atoms with Gasteiger partial charge < -0.3 is 10.1 Å². The molecule has 1 unspecified atom stereocenters. The van der Waals surface area contributed by atoms with Crippen LogP contribution in [0.3, 0.4) is 0 Å². The molecule has 1 N–H and O–H groups in total. The summed E-state index contributed by atoms with van der Waals surface area (Å²) in [7, 11) is 0. The Balaban J connectivity index is 1.89. The molecule has 2 nitrogen and oxygen atoms in total. The fourth-order valence-corrected chi connectivity index (χ4v) is 2.37. The lowest BCUT2D eigenvalue weighted by molar-refractivity contribution is 0.210. The number of fused-ring (bicyclic) bond motifs is 1. The van der Waals surface area contributed by atoms with Crippen LogP contribution in [0.5, 0.6) is 5.75 Å². The SMILES string of the molecule is Cc1ccc2c(c1)NCC(c1ccc(F)c(Cl)c1)O2. The van der Waals surface area contributed by atoms with Crippen molar-refractivity contribution in [1.82, 2.24) is 0 Å². The summed E-state index contributed by atoms with van der Waals surface area (Å²) in [4.78, 5) is 0. The third-order valence-electron chi connectivity index (χ3n) is 3.20. The molecule has 98 valence electrons. The van der Waals surface area contributed by atoms with Gasteiger partial charge in [0, 0.05) is 0 Å². The number of anilines is 1. The van der Waals surface area contributed by atoms with Crippen molar-refractivity contribution < 1.29 is 9.13 Å². The summed E-state index contributed by atoms with van der Waals surface area (Å²) in [5.74, 6) is 0.396. The Hall–Kier alpha value is -1.74. The molecule has 0 spiro atoms. The van der Waals surface area contributed by atoms with E-state index >= 15 is 0 Å². The highest BCUT2D eigenvalue weighted by atomic mass is 35.5. The van der Waals surface area contributed by atoms with Crippen LogP contribution in [0.2, 0.25) is 5.02 Å². The summed E-state index contributed by atoms with van der Waals surface area (Å²) in [6, 6.07) is 10.7. The Kier molecular flexibility index (Phi) is 3.07. The second kappa shape index (κ2) is 4.74. The van der Waals surface area contributed by atoms with Crippen molar-refractivity contribution in [2.75, 3.05) is 11.9 Å². The molecule has 0 saturated heterocycles. The number of halogens is 2. The van der Waals surface area contributed by atoms with Crippen LogP contribution in [0.1, 0.15) is 17.2 Å². The van der Waals surface area contributed by atoms with Gasteiger partial charge in [-0.05, 0) is 42.3 Å². The van der Waals surface area contributed by atoms with Crippen molar-refractivity contribution >= 4 is 17.3 Å².